The molecule has 1 fully saturated rings. The van der Waals surface area contributed by atoms with E-state index in [-0.39, 0.29) is 5.91 Å². The highest BCUT2D eigenvalue weighted by Crippen LogP contribution is 2.29. The Balaban J connectivity index is 1.26. The molecular weight excluding hydrogens is 390 g/mol. The number of carbonyl (C=O) groups excluding carboxylic acids is 1. The minimum absolute atomic E-state index is 0.170. The van der Waals surface area contributed by atoms with Crippen LogP contribution in [0.25, 0.3) is 11.1 Å². The lowest BCUT2D eigenvalue weighted by Crippen LogP contribution is -2.35. The maximum absolute atomic E-state index is 12.7. The molecule has 0 spiro atoms. The Labute approximate surface area is 182 Å². The van der Waals surface area contributed by atoms with Crippen molar-refractivity contribution < 1.29 is 4.79 Å². The van der Waals surface area contributed by atoms with Gasteiger partial charge >= 0.3 is 0 Å². The van der Waals surface area contributed by atoms with Gasteiger partial charge in [0.1, 0.15) is 0 Å². The lowest BCUT2D eigenvalue weighted by atomic mass is 10.1. The minimum Gasteiger partial charge on any atom is -0.383 e. The number of benzene rings is 2. The predicted octanol–water partition coefficient (Wildman–Crippen LogP) is 5.24. The molecule has 1 amide bonds. The molecule has 0 unspecified atom stereocenters. The quantitative estimate of drug-likeness (QED) is 0.491. The summed E-state index contributed by atoms with van der Waals surface area (Å²) >= 11 is 1.72. The first-order valence-electron chi connectivity index (χ1n) is 10.8. The number of carbonyl (C=O) groups is 1. The fourth-order valence-electron chi connectivity index (χ4n) is 3.92. The van der Waals surface area contributed by atoms with Crippen LogP contribution in [0.15, 0.2) is 65.4 Å². The molecule has 156 valence electrons. The van der Waals surface area contributed by atoms with Crippen molar-refractivity contribution in [1.29, 1.82) is 0 Å². The summed E-state index contributed by atoms with van der Waals surface area (Å²) in [7, 11) is 0. The molecule has 2 heterocycles. The lowest BCUT2D eigenvalue weighted by Gasteiger charge is -2.26. The molecule has 2 aromatic carbocycles. The van der Waals surface area contributed by atoms with Crippen molar-refractivity contribution in [2.45, 2.75) is 25.8 Å². The normalized spacial score (nSPS) is 13.9. The average Bonchev–Trinajstić information content (AvgIpc) is 3.34. The van der Waals surface area contributed by atoms with E-state index in [1.54, 1.807) is 11.3 Å². The molecule has 1 aliphatic heterocycles. The van der Waals surface area contributed by atoms with Crippen LogP contribution in [0.2, 0.25) is 0 Å². The van der Waals surface area contributed by atoms with E-state index in [1.807, 2.05) is 23.1 Å². The first-order valence-corrected chi connectivity index (χ1v) is 11.7. The highest BCUT2D eigenvalue weighted by atomic mass is 32.1. The van der Waals surface area contributed by atoms with E-state index < -0.39 is 0 Å². The van der Waals surface area contributed by atoms with Gasteiger partial charge in [-0.2, -0.15) is 11.3 Å². The predicted molar refractivity (Wildman–Crippen MR) is 126 cm³/mol. The average molecular weight is 420 g/mol. The van der Waals surface area contributed by atoms with Crippen molar-refractivity contribution in [3.05, 3.63) is 76.5 Å². The standard InChI is InChI=1S/C25H29N3OS/c29-25(28-14-4-1-5-15-28)21-8-6-7-20(17-21)18-26-12-13-27-24-10-3-2-9-23(24)22-11-16-30-19-22/h2-3,6-11,16-17,19,26-27H,1,4-5,12-15,18H2. The Bertz CT molecular complexity index is 949. The minimum atomic E-state index is 0.170. The van der Waals surface area contributed by atoms with Gasteiger partial charge in [0.05, 0.1) is 0 Å². The van der Waals surface area contributed by atoms with E-state index in [9.17, 15) is 4.79 Å². The fraction of sp³-hybridized carbons (Fsp3) is 0.320. The fourth-order valence-corrected chi connectivity index (χ4v) is 4.57. The Kier molecular flexibility index (Phi) is 7.16. The van der Waals surface area contributed by atoms with Gasteiger partial charge in [0.2, 0.25) is 0 Å². The van der Waals surface area contributed by atoms with Crippen LogP contribution in [-0.2, 0) is 6.54 Å². The van der Waals surface area contributed by atoms with Crippen molar-refractivity contribution in [3.63, 3.8) is 0 Å². The summed E-state index contributed by atoms with van der Waals surface area (Å²) in [6, 6.07) is 18.6. The largest absolute Gasteiger partial charge is 0.383 e. The van der Waals surface area contributed by atoms with Crippen molar-refractivity contribution in [1.82, 2.24) is 10.2 Å². The zero-order valence-electron chi connectivity index (χ0n) is 17.3. The number of thiophene rings is 1. The zero-order valence-corrected chi connectivity index (χ0v) is 18.1. The molecule has 1 aliphatic rings. The van der Waals surface area contributed by atoms with Crippen molar-refractivity contribution in [3.8, 4) is 11.1 Å². The molecule has 0 bridgehead atoms. The molecule has 0 aliphatic carbocycles. The van der Waals surface area contributed by atoms with Gasteiger partial charge in [0, 0.05) is 49.5 Å². The number of nitrogens with zero attached hydrogens (tertiary/aromatic N) is 1. The van der Waals surface area contributed by atoms with Gasteiger partial charge in [-0.1, -0.05) is 30.3 Å². The van der Waals surface area contributed by atoms with Gasteiger partial charge in [-0.25, -0.2) is 0 Å². The SMILES string of the molecule is O=C(c1cccc(CNCCNc2ccccc2-c2ccsc2)c1)N1CCCCC1. The summed E-state index contributed by atoms with van der Waals surface area (Å²) in [5, 5.41) is 11.3. The van der Waals surface area contributed by atoms with E-state index in [4.69, 9.17) is 0 Å². The molecule has 2 N–H and O–H groups in total. The molecule has 30 heavy (non-hydrogen) atoms. The molecule has 3 aromatic rings. The molecule has 1 aromatic heterocycles. The van der Waals surface area contributed by atoms with Crippen molar-refractivity contribution in [2.24, 2.45) is 0 Å². The van der Waals surface area contributed by atoms with Crippen molar-refractivity contribution >= 4 is 22.9 Å². The van der Waals surface area contributed by atoms with Gasteiger partial charge in [-0.3, -0.25) is 4.79 Å². The summed E-state index contributed by atoms with van der Waals surface area (Å²) < 4.78 is 0. The van der Waals surface area contributed by atoms with Crippen LogP contribution in [-0.4, -0.2) is 37.0 Å². The van der Waals surface area contributed by atoms with E-state index in [1.165, 1.54) is 17.5 Å². The molecule has 0 radical (unpaired) electrons. The first-order chi connectivity index (χ1) is 14.8. The number of hydrogen-bond acceptors (Lipinski definition) is 4. The van der Waals surface area contributed by atoms with Gasteiger partial charge < -0.3 is 15.5 Å². The molecule has 0 atom stereocenters. The zero-order chi connectivity index (χ0) is 20.6. The highest BCUT2D eigenvalue weighted by molar-refractivity contribution is 7.08. The summed E-state index contributed by atoms with van der Waals surface area (Å²) in [5.74, 6) is 0.170. The van der Waals surface area contributed by atoms with E-state index in [2.05, 4.69) is 57.8 Å². The van der Waals surface area contributed by atoms with Crippen LogP contribution in [0.5, 0.6) is 0 Å². The van der Waals surface area contributed by atoms with Crippen LogP contribution in [0, 0.1) is 0 Å². The molecule has 4 nitrogen and oxygen atoms in total. The number of piperidine rings is 1. The third-order valence-corrected chi connectivity index (χ3v) is 6.21. The first kappa shape index (κ1) is 20.6. The second-order valence-corrected chi connectivity index (χ2v) is 8.49. The molecule has 5 heteroatoms. The summed E-state index contributed by atoms with van der Waals surface area (Å²) in [5.41, 5.74) is 5.61. The Morgan fingerprint density at radius 3 is 2.67 bits per heavy atom. The maximum Gasteiger partial charge on any atom is 0.253 e. The van der Waals surface area contributed by atoms with Crippen molar-refractivity contribution in [2.75, 3.05) is 31.5 Å². The van der Waals surface area contributed by atoms with E-state index >= 15 is 0 Å². The van der Waals surface area contributed by atoms with Crippen LogP contribution < -0.4 is 10.6 Å². The summed E-state index contributed by atoms with van der Waals surface area (Å²) in [6.45, 7) is 4.23. The van der Waals surface area contributed by atoms with E-state index in [0.29, 0.717) is 0 Å². The van der Waals surface area contributed by atoms with Crippen LogP contribution in [0.3, 0.4) is 0 Å². The Morgan fingerprint density at radius 2 is 1.83 bits per heavy atom. The van der Waals surface area contributed by atoms with Gasteiger partial charge in [0.25, 0.3) is 5.91 Å². The second kappa shape index (κ2) is 10.4. The molecule has 4 rings (SSSR count). The Hall–Kier alpha value is -2.63. The molecule has 1 saturated heterocycles. The summed E-state index contributed by atoms with van der Waals surface area (Å²) in [6.07, 6.45) is 3.48. The number of anilines is 1. The maximum atomic E-state index is 12.7. The summed E-state index contributed by atoms with van der Waals surface area (Å²) in [4.78, 5) is 14.7. The van der Waals surface area contributed by atoms with Gasteiger partial charge in [0.15, 0.2) is 0 Å². The topological polar surface area (TPSA) is 44.4 Å². The smallest absolute Gasteiger partial charge is 0.253 e. The third kappa shape index (κ3) is 5.29. The molecular formula is C25H29N3OS. The van der Waals surface area contributed by atoms with Gasteiger partial charge in [-0.15, -0.1) is 0 Å². The third-order valence-electron chi connectivity index (χ3n) is 5.52. The number of rotatable bonds is 8. The number of nitrogens with one attached hydrogen (secondary N) is 2. The number of hydrogen-bond donors (Lipinski definition) is 2. The van der Waals surface area contributed by atoms with Crippen LogP contribution >= 0.6 is 11.3 Å². The number of para-hydroxylation sites is 1. The van der Waals surface area contributed by atoms with Crippen LogP contribution in [0.1, 0.15) is 35.2 Å². The Morgan fingerprint density at radius 1 is 0.967 bits per heavy atom. The van der Waals surface area contributed by atoms with E-state index in [0.717, 1.165) is 62.4 Å². The monoisotopic (exact) mass is 419 g/mol. The lowest BCUT2D eigenvalue weighted by molar-refractivity contribution is 0.0724. The number of amides is 1. The number of likely N-dealkylation sites (tertiary alicyclic amines) is 1. The molecule has 0 saturated carbocycles. The van der Waals surface area contributed by atoms with Gasteiger partial charge in [-0.05, 0) is 65.4 Å². The highest BCUT2D eigenvalue weighted by Gasteiger charge is 2.18. The second-order valence-electron chi connectivity index (χ2n) is 7.71. The van der Waals surface area contributed by atoms with Crippen LogP contribution in [0.4, 0.5) is 5.69 Å².